The van der Waals surface area contributed by atoms with Crippen molar-refractivity contribution in [3.05, 3.63) is 35.7 Å². The Morgan fingerprint density at radius 3 is 2.73 bits per heavy atom. The largest absolute Gasteiger partial charge is 0.442 e. The van der Waals surface area contributed by atoms with Crippen molar-refractivity contribution < 1.29 is 18.7 Å². The number of cyclic esters (lactones) is 1. The second-order valence-corrected chi connectivity index (χ2v) is 8.25. The van der Waals surface area contributed by atoms with Crippen molar-refractivity contribution in [3.8, 4) is 6.07 Å². The molecule has 158 valence electrons. The van der Waals surface area contributed by atoms with Gasteiger partial charge in [-0.3, -0.25) is 9.69 Å². The number of piperidine rings is 1. The van der Waals surface area contributed by atoms with Crippen LogP contribution in [0, 0.1) is 22.6 Å². The van der Waals surface area contributed by atoms with Crippen LogP contribution in [0.5, 0.6) is 0 Å². The van der Waals surface area contributed by atoms with Gasteiger partial charge in [0.15, 0.2) is 0 Å². The van der Waals surface area contributed by atoms with Crippen LogP contribution < -0.4 is 15.1 Å². The number of carbonyl (C=O) groups is 2. The Hall–Kier alpha value is -3.08. The zero-order valence-corrected chi connectivity index (χ0v) is 17.0. The minimum absolute atomic E-state index is 0.195. The molecule has 1 N–H and O–H groups in total. The van der Waals surface area contributed by atoms with Gasteiger partial charge in [0, 0.05) is 20.0 Å². The lowest BCUT2D eigenvalue weighted by atomic mass is 9.97. The summed E-state index contributed by atoms with van der Waals surface area (Å²) < 4.78 is 20.1. The molecule has 0 spiro atoms. The molecule has 2 aliphatic heterocycles. The van der Waals surface area contributed by atoms with E-state index in [1.54, 1.807) is 12.1 Å². The van der Waals surface area contributed by atoms with Crippen LogP contribution in [0.2, 0.25) is 0 Å². The lowest BCUT2D eigenvalue weighted by Gasteiger charge is -2.31. The number of allylic oxidation sites excluding steroid dienone is 1. The van der Waals surface area contributed by atoms with Gasteiger partial charge in [0.2, 0.25) is 5.91 Å². The first-order chi connectivity index (χ1) is 14.4. The molecule has 1 aromatic rings. The summed E-state index contributed by atoms with van der Waals surface area (Å²) in [6, 6.07) is 7.17. The smallest absolute Gasteiger partial charge is 0.414 e. The van der Waals surface area contributed by atoms with E-state index >= 15 is 0 Å². The fraction of sp³-hybridized carbons (Fsp3) is 0.500. The van der Waals surface area contributed by atoms with Crippen molar-refractivity contribution in [2.45, 2.75) is 38.7 Å². The van der Waals surface area contributed by atoms with E-state index in [-0.39, 0.29) is 30.2 Å². The number of anilines is 2. The van der Waals surface area contributed by atoms with Gasteiger partial charge in [-0.15, -0.1) is 0 Å². The number of nitriles is 1. The molecule has 2 saturated heterocycles. The Balaban J connectivity index is 1.39. The summed E-state index contributed by atoms with van der Waals surface area (Å²) in [6.45, 7) is 3.29. The summed E-state index contributed by atoms with van der Waals surface area (Å²) in [4.78, 5) is 26.6. The SMILES string of the molecule is CC(=O)NCC1CN(c2ccc(N3CCC(=CC4(C#N)CC4)CC3)c(F)c2)C(=O)O1. The first-order valence-corrected chi connectivity index (χ1v) is 10.3. The molecule has 1 atom stereocenters. The van der Waals surface area contributed by atoms with E-state index in [0.29, 0.717) is 24.5 Å². The Morgan fingerprint density at radius 2 is 2.13 bits per heavy atom. The molecular weight excluding hydrogens is 387 g/mol. The highest BCUT2D eigenvalue weighted by molar-refractivity contribution is 5.90. The molecule has 0 bridgehead atoms. The number of carbonyl (C=O) groups excluding carboxylic acids is 2. The van der Waals surface area contributed by atoms with Crippen LogP contribution in [0.15, 0.2) is 29.8 Å². The van der Waals surface area contributed by atoms with Gasteiger partial charge in [-0.05, 0) is 43.9 Å². The Morgan fingerprint density at radius 1 is 1.40 bits per heavy atom. The monoisotopic (exact) mass is 412 g/mol. The van der Waals surface area contributed by atoms with Crippen molar-refractivity contribution in [2.75, 3.05) is 36.0 Å². The van der Waals surface area contributed by atoms with E-state index in [9.17, 15) is 19.2 Å². The van der Waals surface area contributed by atoms with E-state index in [0.717, 1.165) is 25.7 Å². The van der Waals surface area contributed by atoms with Gasteiger partial charge in [0.05, 0.1) is 35.9 Å². The third-order valence-electron chi connectivity index (χ3n) is 5.93. The number of halogens is 1. The molecule has 8 heteroatoms. The Bertz CT molecular complexity index is 925. The summed E-state index contributed by atoms with van der Waals surface area (Å²) in [5.74, 6) is -0.576. The number of nitrogens with one attached hydrogen (secondary N) is 1. The first-order valence-electron chi connectivity index (χ1n) is 10.3. The normalized spacial score (nSPS) is 22.4. The zero-order valence-electron chi connectivity index (χ0n) is 17.0. The average molecular weight is 412 g/mol. The lowest BCUT2D eigenvalue weighted by Crippen LogP contribution is -2.33. The predicted molar refractivity (Wildman–Crippen MR) is 110 cm³/mol. The maximum Gasteiger partial charge on any atom is 0.414 e. The van der Waals surface area contributed by atoms with E-state index in [1.807, 2.05) is 4.90 Å². The van der Waals surface area contributed by atoms with E-state index in [1.165, 1.54) is 23.5 Å². The third-order valence-corrected chi connectivity index (χ3v) is 5.93. The molecular formula is C22H25FN4O3. The van der Waals surface area contributed by atoms with Crippen LogP contribution in [0.25, 0.3) is 0 Å². The molecule has 0 aromatic heterocycles. The van der Waals surface area contributed by atoms with Crippen molar-refractivity contribution in [1.29, 1.82) is 5.26 Å². The third kappa shape index (κ3) is 4.25. The highest BCUT2D eigenvalue weighted by Crippen LogP contribution is 2.47. The van der Waals surface area contributed by atoms with E-state index in [2.05, 4.69) is 17.5 Å². The number of hydrogen-bond acceptors (Lipinski definition) is 5. The topological polar surface area (TPSA) is 85.7 Å². The van der Waals surface area contributed by atoms with Crippen LogP contribution in [0.4, 0.5) is 20.6 Å². The van der Waals surface area contributed by atoms with Crippen LogP contribution in [0.3, 0.4) is 0 Å². The van der Waals surface area contributed by atoms with Gasteiger partial charge < -0.3 is 15.0 Å². The van der Waals surface area contributed by atoms with Gasteiger partial charge in [0.25, 0.3) is 0 Å². The number of benzene rings is 1. The summed E-state index contributed by atoms with van der Waals surface area (Å²) in [5, 5.41) is 11.9. The standard InChI is InChI=1S/C22H25FN4O3/c1-15(28)25-12-18-13-27(21(29)30-18)17-2-3-20(19(23)10-17)26-8-4-16(5-9-26)11-22(14-24)6-7-22/h2-3,10-11,18H,4-9,12-13H2,1H3,(H,25,28). The molecule has 3 aliphatic rings. The van der Waals surface area contributed by atoms with Gasteiger partial charge in [-0.25, -0.2) is 9.18 Å². The van der Waals surface area contributed by atoms with Crippen LogP contribution >= 0.6 is 0 Å². The molecule has 1 unspecified atom stereocenters. The molecule has 3 fully saturated rings. The highest BCUT2D eigenvalue weighted by Gasteiger charge is 2.41. The quantitative estimate of drug-likeness (QED) is 0.751. The van der Waals surface area contributed by atoms with Crippen LogP contribution in [-0.2, 0) is 9.53 Å². The summed E-state index contributed by atoms with van der Waals surface area (Å²) in [7, 11) is 0. The van der Waals surface area contributed by atoms with Crippen LogP contribution in [0.1, 0.15) is 32.6 Å². The predicted octanol–water partition coefficient (Wildman–Crippen LogP) is 3.12. The molecule has 1 aromatic carbocycles. The number of rotatable bonds is 5. The average Bonchev–Trinajstić information content (AvgIpc) is 3.40. The maximum atomic E-state index is 14.9. The Kier molecular flexibility index (Phi) is 5.37. The van der Waals surface area contributed by atoms with E-state index in [4.69, 9.17) is 4.74 Å². The number of amides is 2. The van der Waals surface area contributed by atoms with Gasteiger partial charge in [0.1, 0.15) is 11.9 Å². The second kappa shape index (κ2) is 7.98. The number of nitrogens with zero attached hydrogens (tertiary/aromatic N) is 3. The van der Waals surface area contributed by atoms with Gasteiger partial charge in [-0.2, -0.15) is 5.26 Å². The first kappa shape index (κ1) is 20.2. The fourth-order valence-electron chi connectivity index (χ4n) is 4.01. The molecule has 7 nitrogen and oxygen atoms in total. The lowest BCUT2D eigenvalue weighted by molar-refractivity contribution is -0.119. The van der Waals surface area contributed by atoms with Gasteiger partial charge >= 0.3 is 6.09 Å². The highest BCUT2D eigenvalue weighted by atomic mass is 19.1. The zero-order chi connectivity index (χ0) is 21.3. The molecule has 1 aliphatic carbocycles. The van der Waals surface area contributed by atoms with Crippen molar-refractivity contribution in [2.24, 2.45) is 5.41 Å². The van der Waals surface area contributed by atoms with Crippen molar-refractivity contribution >= 4 is 23.4 Å². The number of ether oxygens (including phenoxy) is 1. The molecule has 4 rings (SSSR count). The van der Waals surface area contributed by atoms with Gasteiger partial charge in [-0.1, -0.05) is 11.6 Å². The molecule has 0 radical (unpaired) electrons. The minimum atomic E-state index is -0.545. The number of hydrogen-bond donors (Lipinski definition) is 1. The minimum Gasteiger partial charge on any atom is -0.442 e. The maximum absolute atomic E-state index is 14.9. The summed E-state index contributed by atoms with van der Waals surface area (Å²) in [5.41, 5.74) is 2.00. The van der Waals surface area contributed by atoms with Crippen molar-refractivity contribution in [1.82, 2.24) is 5.32 Å². The Labute approximate surface area is 175 Å². The van der Waals surface area contributed by atoms with Crippen LogP contribution in [-0.4, -0.2) is 44.3 Å². The summed E-state index contributed by atoms with van der Waals surface area (Å²) in [6.07, 6.45) is 4.66. The molecule has 1 saturated carbocycles. The summed E-state index contributed by atoms with van der Waals surface area (Å²) >= 11 is 0. The molecule has 2 amide bonds. The molecule has 2 heterocycles. The van der Waals surface area contributed by atoms with Crippen molar-refractivity contribution in [3.63, 3.8) is 0 Å². The second-order valence-electron chi connectivity index (χ2n) is 8.25. The fourth-order valence-corrected chi connectivity index (χ4v) is 4.01. The molecule has 30 heavy (non-hydrogen) atoms. The van der Waals surface area contributed by atoms with E-state index < -0.39 is 12.2 Å².